The van der Waals surface area contributed by atoms with Crippen LogP contribution in [0.1, 0.15) is 11.1 Å². The molecule has 2 heterocycles. The Kier molecular flexibility index (Phi) is 4.55. The first-order chi connectivity index (χ1) is 16.5. The van der Waals surface area contributed by atoms with Crippen LogP contribution in [0.25, 0.3) is 0 Å². The highest BCUT2D eigenvalue weighted by molar-refractivity contribution is 7.93. The third kappa shape index (κ3) is 3.03. The number of rotatable bonds is 4. The minimum absolute atomic E-state index is 0.594. The van der Waals surface area contributed by atoms with Crippen molar-refractivity contribution >= 4 is 22.6 Å². The highest BCUT2D eigenvalue weighted by Crippen LogP contribution is 2.47. The predicted molar refractivity (Wildman–Crippen MR) is 131 cm³/mol. The first-order valence-corrected chi connectivity index (χ1v) is 11.9. The van der Waals surface area contributed by atoms with Crippen LogP contribution in [0.3, 0.4) is 0 Å². The fourth-order valence-electron chi connectivity index (χ4n) is 4.25. The number of nitrogens with zero attached hydrogens (tertiary/aromatic N) is 4. The Labute approximate surface area is 198 Å². The molecule has 7 nitrogen and oxygen atoms in total. The van der Waals surface area contributed by atoms with Crippen LogP contribution in [0.15, 0.2) is 117 Å². The smallest absolute Gasteiger partial charge is 0.343 e. The fraction of sp³-hybridized carbons (Fsp3) is 0.0769. The summed E-state index contributed by atoms with van der Waals surface area (Å²) in [6, 6.07) is 29.3. The van der Waals surface area contributed by atoms with Gasteiger partial charge in [-0.2, -0.15) is 0 Å². The van der Waals surface area contributed by atoms with E-state index in [4.69, 9.17) is 31.4 Å². The van der Waals surface area contributed by atoms with Crippen LogP contribution in [0.5, 0.6) is 0 Å². The molecule has 0 saturated heterocycles. The maximum Gasteiger partial charge on any atom is 0.343 e. The summed E-state index contributed by atoms with van der Waals surface area (Å²) in [6.07, 6.45) is 0. The van der Waals surface area contributed by atoms with Gasteiger partial charge < -0.3 is 16.0 Å². The topological polar surface area (TPSA) is 125 Å². The van der Waals surface area contributed by atoms with Crippen LogP contribution in [0, 0.1) is 0 Å². The predicted octanol–water partition coefficient (Wildman–Crippen LogP) is 1.43. The van der Waals surface area contributed by atoms with Gasteiger partial charge in [0.25, 0.3) is 0 Å². The minimum atomic E-state index is -1.90. The molecule has 34 heavy (non-hydrogen) atoms. The zero-order chi connectivity index (χ0) is 23.3. The highest BCUT2D eigenvalue weighted by Gasteiger charge is 2.60. The van der Waals surface area contributed by atoms with E-state index >= 15 is 0 Å². The largest absolute Gasteiger partial charge is 0.609 e. The van der Waals surface area contributed by atoms with Gasteiger partial charge in [-0.3, -0.25) is 0 Å². The van der Waals surface area contributed by atoms with Crippen molar-refractivity contribution < 1.29 is 4.55 Å². The van der Waals surface area contributed by atoms with Gasteiger partial charge in [-0.25, -0.2) is 20.0 Å². The average Bonchev–Trinajstić information content (AvgIpc) is 3.45. The Hall–Kier alpha value is -4.01. The van der Waals surface area contributed by atoms with Crippen LogP contribution in [-0.4, -0.2) is 4.55 Å². The molecule has 4 aromatic carbocycles. The van der Waals surface area contributed by atoms with E-state index < -0.39 is 21.2 Å². The van der Waals surface area contributed by atoms with E-state index in [1.54, 1.807) is 24.3 Å². The third-order valence-electron chi connectivity index (χ3n) is 5.94. The van der Waals surface area contributed by atoms with Crippen molar-refractivity contribution in [3.8, 4) is 0 Å². The highest BCUT2D eigenvalue weighted by atomic mass is 32.2. The van der Waals surface area contributed by atoms with E-state index in [1.165, 1.54) is 0 Å². The van der Waals surface area contributed by atoms with E-state index in [0.717, 1.165) is 0 Å². The second-order valence-corrected chi connectivity index (χ2v) is 9.83. The molecule has 4 N–H and O–H groups in total. The summed E-state index contributed by atoms with van der Waals surface area (Å²) in [5.74, 6) is 0. The van der Waals surface area contributed by atoms with Gasteiger partial charge in [0.1, 0.15) is 0 Å². The second-order valence-electron chi connectivity index (χ2n) is 8.15. The lowest BCUT2D eigenvalue weighted by molar-refractivity contribution is 0.485. The molecule has 0 spiro atoms. The maximum atomic E-state index is 14.9. The van der Waals surface area contributed by atoms with Gasteiger partial charge in [-0.15, -0.1) is 0 Å². The Morgan fingerprint density at radius 1 is 0.500 bits per heavy atom. The molecule has 166 valence electrons. The van der Waals surface area contributed by atoms with Gasteiger partial charge in [0.2, 0.25) is 0 Å². The summed E-state index contributed by atoms with van der Waals surface area (Å²) in [6.45, 7) is 0. The molecule has 0 aromatic heterocycles. The Morgan fingerprint density at radius 3 is 1.09 bits per heavy atom. The molecule has 0 radical (unpaired) electrons. The molecule has 8 heteroatoms. The molecule has 2 aliphatic rings. The molecule has 2 aliphatic heterocycles. The molecular weight excluding hydrogens is 444 g/mol. The number of para-hydroxylation sites is 4. The van der Waals surface area contributed by atoms with Crippen molar-refractivity contribution in [1.29, 1.82) is 0 Å². The first kappa shape index (κ1) is 20.6. The number of hydrogen-bond donors (Lipinski definition) is 2. The van der Waals surface area contributed by atoms with Crippen molar-refractivity contribution in [3.05, 3.63) is 130 Å². The van der Waals surface area contributed by atoms with Gasteiger partial charge in [-0.05, 0) is 72.8 Å². The van der Waals surface area contributed by atoms with Crippen LogP contribution in [0.4, 0.5) is 11.4 Å². The lowest BCUT2D eigenvalue weighted by atomic mass is 10.1. The quantitative estimate of drug-likeness (QED) is 0.351. The Balaban J connectivity index is 1.65. The number of benzene rings is 4. The lowest BCUT2D eigenvalue weighted by Crippen LogP contribution is -2.44. The number of nitrogen functional groups attached to an aromatic ring is 2. The van der Waals surface area contributed by atoms with E-state index in [2.05, 4.69) is 0 Å². The summed E-state index contributed by atoms with van der Waals surface area (Å²) >= 11 is -1.90. The van der Waals surface area contributed by atoms with E-state index in [1.807, 2.05) is 72.8 Å². The van der Waals surface area contributed by atoms with Crippen molar-refractivity contribution in [2.45, 2.75) is 9.99 Å². The zero-order valence-electron chi connectivity index (χ0n) is 18.0. The summed E-state index contributed by atoms with van der Waals surface area (Å²) in [5, 5.41) is 2.65. The fourth-order valence-corrected chi connectivity index (χ4v) is 6.07. The standard InChI is InChI=1S/C26H20N6OS/c27-19-13-9-17(10-14-19)25(29-21-5-1-2-6-22(21)30-25)34(33)26(18-11-15-20(28)16-12-18)31-23-7-3-4-8-24(23)32-26/h1-16H,27-28H2. The molecule has 0 bridgehead atoms. The van der Waals surface area contributed by atoms with Gasteiger partial charge in [0, 0.05) is 11.4 Å². The van der Waals surface area contributed by atoms with Crippen molar-refractivity contribution in [1.82, 2.24) is 0 Å². The maximum absolute atomic E-state index is 14.9. The van der Waals surface area contributed by atoms with Gasteiger partial charge in [-0.1, -0.05) is 24.3 Å². The molecule has 0 amide bonds. The van der Waals surface area contributed by atoms with Gasteiger partial charge >= 0.3 is 9.99 Å². The Bertz CT molecular complexity index is 1460. The summed E-state index contributed by atoms with van der Waals surface area (Å²) in [7, 11) is 0. The van der Waals surface area contributed by atoms with Crippen LogP contribution in [-0.2, 0) is 21.2 Å². The first-order valence-electron chi connectivity index (χ1n) is 10.7. The van der Waals surface area contributed by atoms with Crippen molar-refractivity contribution in [2.75, 3.05) is 11.5 Å². The number of anilines is 2. The molecule has 0 saturated carbocycles. The normalized spacial score (nSPS) is 16.5. The number of hydrogen-bond acceptors (Lipinski definition) is 7. The molecule has 0 unspecified atom stereocenters. The van der Waals surface area contributed by atoms with E-state index in [-0.39, 0.29) is 0 Å². The molecule has 6 rings (SSSR count). The zero-order valence-corrected chi connectivity index (χ0v) is 18.8. The third-order valence-corrected chi connectivity index (χ3v) is 7.81. The SMILES string of the molecule is Nc1ccc(C2([S+]([O-])C3(c4ccc(N)cc4)N=c4ccccc4=N3)N=c3ccccc3=N2)cc1. The Morgan fingerprint density at radius 2 is 0.794 bits per heavy atom. The summed E-state index contributed by atoms with van der Waals surface area (Å²) < 4.78 is 14.9. The second kappa shape index (κ2) is 7.51. The minimum Gasteiger partial charge on any atom is -0.609 e. The molecule has 0 fully saturated rings. The van der Waals surface area contributed by atoms with Crippen LogP contribution >= 0.6 is 0 Å². The number of fused-ring (bicyclic) bond motifs is 2. The van der Waals surface area contributed by atoms with Crippen molar-refractivity contribution in [2.24, 2.45) is 20.0 Å². The van der Waals surface area contributed by atoms with E-state index in [9.17, 15) is 4.55 Å². The van der Waals surface area contributed by atoms with Crippen LogP contribution < -0.4 is 32.9 Å². The van der Waals surface area contributed by atoms with Gasteiger partial charge in [0.15, 0.2) is 0 Å². The average molecular weight is 465 g/mol. The molecule has 4 aromatic rings. The van der Waals surface area contributed by atoms with E-state index in [0.29, 0.717) is 43.9 Å². The molecular formula is C26H20N6OS. The molecule has 0 aliphatic carbocycles. The monoisotopic (exact) mass is 464 g/mol. The lowest BCUT2D eigenvalue weighted by Gasteiger charge is -2.35. The van der Waals surface area contributed by atoms with Crippen molar-refractivity contribution in [3.63, 3.8) is 0 Å². The van der Waals surface area contributed by atoms with Gasteiger partial charge in [0.05, 0.1) is 43.7 Å². The molecule has 0 atom stereocenters. The number of nitrogens with two attached hydrogens (primary N) is 2. The van der Waals surface area contributed by atoms with Crippen LogP contribution in [0.2, 0.25) is 0 Å². The summed E-state index contributed by atoms with van der Waals surface area (Å²) in [4.78, 5) is 16.8. The summed E-state index contributed by atoms with van der Waals surface area (Å²) in [5.41, 5.74) is 14.4.